The number of nitro benzene ring substituents is 1. The van der Waals surface area contributed by atoms with Crippen LogP contribution in [0.5, 0.6) is 5.75 Å². The van der Waals surface area contributed by atoms with Gasteiger partial charge in [0.15, 0.2) is 6.04 Å². The molecule has 2 N–H and O–H groups in total. The molecule has 0 aliphatic rings. The summed E-state index contributed by atoms with van der Waals surface area (Å²) in [6, 6.07) is 6.50. The molecule has 0 saturated carbocycles. The Morgan fingerprint density at radius 1 is 1.48 bits per heavy atom. The second kappa shape index (κ2) is 6.23. The Morgan fingerprint density at radius 2 is 2.24 bits per heavy atom. The summed E-state index contributed by atoms with van der Waals surface area (Å²) in [6.45, 7) is 0. The lowest BCUT2D eigenvalue weighted by Crippen LogP contribution is -2.19. The molecule has 0 fully saturated rings. The van der Waals surface area contributed by atoms with E-state index >= 15 is 0 Å². The minimum absolute atomic E-state index is 0.174. The van der Waals surface area contributed by atoms with E-state index in [1.165, 1.54) is 36.6 Å². The molecule has 0 radical (unpaired) electrons. The van der Waals surface area contributed by atoms with E-state index in [1.807, 2.05) is 0 Å². The third kappa shape index (κ3) is 3.48. The minimum atomic E-state index is -1.07. The highest BCUT2D eigenvalue weighted by atomic mass is 32.1. The molecule has 1 heterocycles. The number of nitrogens with zero attached hydrogens (tertiary/aromatic N) is 1. The second-order valence-electron chi connectivity index (χ2n) is 4.11. The highest BCUT2D eigenvalue weighted by Gasteiger charge is 2.22. The predicted molar refractivity (Wildman–Crippen MR) is 78.0 cm³/mol. The highest BCUT2D eigenvalue weighted by molar-refractivity contribution is 7.10. The largest absolute Gasteiger partial charge is 0.496 e. The summed E-state index contributed by atoms with van der Waals surface area (Å²) in [5.74, 6) is -0.787. The second-order valence-corrected chi connectivity index (χ2v) is 5.09. The monoisotopic (exact) mass is 308 g/mol. The van der Waals surface area contributed by atoms with Gasteiger partial charge in [0.05, 0.1) is 18.1 Å². The average Bonchev–Trinajstić information content (AvgIpc) is 2.97. The zero-order valence-electron chi connectivity index (χ0n) is 11.0. The Bertz CT molecular complexity index is 657. The molecule has 0 spiro atoms. The van der Waals surface area contributed by atoms with Crippen LogP contribution in [-0.2, 0) is 4.79 Å². The van der Waals surface area contributed by atoms with Crippen LogP contribution in [-0.4, -0.2) is 23.1 Å². The van der Waals surface area contributed by atoms with Crippen molar-refractivity contribution in [2.24, 2.45) is 0 Å². The number of ether oxygens (including phenoxy) is 1. The van der Waals surface area contributed by atoms with Crippen LogP contribution in [0.3, 0.4) is 0 Å². The number of rotatable bonds is 6. The van der Waals surface area contributed by atoms with Crippen molar-refractivity contribution < 1.29 is 19.6 Å². The zero-order valence-corrected chi connectivity index (χ0v) is 11.8. The van der Waals surface area contributed by atoms with E-state index in [0.717, 1.165) is 0 Å². The number of nitrogens with one attached hydrogen (secondary N) is 1. The van der Waals surface area contributed by atoms with Crippen molar-refractivity contribution in [2.75, 3.05) is 12.4 Å². The fraction of sp³-hybridized carbons (Fsp3) is 0.154. The van der Waals surface area contributed by atoms with Crippen LogP contribution < -0.4 is 10.1 Å². The van der Waals surface area contributed by atoms with Crippen LogP contribution in [0.25, 0.3) is 0 Å². The molecule has 7 nitrogen and oxygen atoms in total. The number of anilines is 1. The number of hydrogen-bond donors (Lipinski definition) is 2. The smallest absolute Gasteiger partial charge is 0.331 e. The topological polar surface area (TPSA) is 102 Å². The number of carboxylic acids is 1. The van der Waals surface area contributed by atoms with Crippen molar-refractivity contribution in [2.45, 2.75) is 6.04 Å². The van der Waals surface area contributed by atoms with E-state index in [-0.39, 0.29) is 11.4 Å². The molecule has 0 aliphatic carbocycles. The molecule has 1 atom stereocenters. The lowest BCUT2D eigenvalue weighted by molar-refractivity contribution is -0.384. The lowest BCUT2D eigenvalue weighted by atomic mass is 10.2. The number of carboxylic acid groups (broad SMARTS) is 1. The maximum atomic E-state index is 11.4. The molecular formula is C13H12N2O5S. The Hall–Kier alpha value is -2.61. The molecular weight excluding hydrogens is 296 g/mol. The zero-order chi connectivity index (χ0) is 15.4. The summed E-state index contributed by atoms with van der Waals surface area (Å²) in [4.78, 5) is 22.3. The number of nitro groups is 1. The molecule has 1 unspecified atom stereocenters. The van der Waals surface area contributed by atoms with Gasteiger partial charge in [-0.15, -0.1) is 11.3 Å². The van der Waals surface area contributed by atoms with Crippen molar-refractivity contribution in [1.82, 2.24) is 0 Å². The van der Waals surface area contributed by atoms with E-state index < -0.39 is 16.9 Å². The molecule has 110 valence electrons. The maximum absolute atomic E-state index is 11.4. The third-order valence-electron chi connectivity index (χ3n) is 2.72. The number of hydrogen-bond acceptors (Lipinski definition) is 6. The molecule has 1 aromatic heterocycles. The molecule has 2 rings (SSSR count). The van der Waals surface area contributed by atoms with Crippen molar-refractivity contribution in [3.63, 3.8) is 0 Å². The fourth-order valence-corrected chi connectivity index (χ4v) is 2.53. The fourth-order valence-electron chi connectivity index (χ4n) is 1.77. The van der Waals surface area contributed by atoms with Gasteiger partial charge in [-0.3, -0.25) is 10.1 Å². The van der Waals surface area contributed by atoms with E-state index in [2.05, 4.69) is 5.32 Å². The van der Waals surface area contributed by atoms with Gasteiger partial charge in [0.1, 0.15) is 5.75 Å². The summed E-state index contributed by atoms with van der Waals surface area (Å²) in [7, 11) is 1.39. The first-order valence-electron chi connectivity index (χ1n) is 5.87. The third-order valence-corrected chi connectivity index (χ3v) is 3.66. The average molecular weight is 308 g/mol. The summed E-state index contributed by atoms with van der Waals surface area (Å²) < 4.78 is 4.99. The molecule has 2 aromatic rings. The number of carbonyl (C=O) groups is 1. The Kier molecular flexibility index (Phi) is 4.39. The van der Waals surface area contributed by atoms with Crippen molar-refractivity contribution in [3.05, 3.63) is 50.7 Å². The SMILES string of the molecule is COc1cc(NC(C(=O)O)c2cccs2)cc([N+](=O)[O-])c1. The van der Waals surface area contributed by atoms with E-state index in [1.54, 1.807) is 17.5 Å². The van der Waals surface area contributed by atoms with Gasteiger partial charge in [-0.05, 0) is 11.4 Å². The van der Waals surface area contributed by atoms with Gasteiger partial charge >= 0.3 is 5.97 Å². The van der Waals surface area contributed by atoms with Crippen LogP contribution in [0, 0.1) is 10.1 Å². The quantitative estimate of drug-likeness (QED) is 0.628. The van der Waals surface area contributed by atoms with Gasteiger partial charge in [0.2, 0.25) is 0 Å². The van der Waals surface area contributed by atoms with Gasteiger partial charge in [-0.25, -0.2) is 4.79 Å². The van der Waals surface area contributed by atoms with Crippen molar-refractivity contribution >= 4 is 28.7 Å². The van der Waals surface area contributed by atoms with Crippen LogP contribution in [0.2, 0.25) is 0 Å². The lowest BCUT2D eigenvalue weighted by Gasteiger charge is -2.15. The maximum Gasteiger partial charge on any atom is 0.331 e. The summed E-state index contributed by atoms with van der Waals surface area (Å²) in [5, 5.41) is 24.7. The number of aliphatic carboxylic acids is 1. The van der Waals surface area contributed by atoms with Crippen LogP contribution in [0.4, 0.5) is 11.4 Å². The van der Waals surface area contributed by atoms with E-state index in [9.17, 15) is 20.0 Å². The first-order valence-corrected chi connectivity index (χ1v) is 6.75. The Balaban J connectivity index is 2.34. The number of benzene rings is 1. The predicted octanol–water partition coefficient (Wildman–Crippen LogP) is 2.90. The van der Waals surface area contributed by atoms with E-state index in [4.69, 9.17) is 4.74 Å². The first kappa shape index (κ1) is 14.8. The van der Waals surface area contributed by atoms with Gasteiger partial charge in [-0.1, -0.05) is 6.07 Å². The Labute approximate surface area is 123 Å². The molecule has 8 heteroatoms. The number of non-ortho nitro benzene ring substituents is 1. The summed E-state index contributed by atoms with van der Waals surface area (Å²) >= 11 is 1.29. The van der Waals surface area contributed by atoms with E-state index in [0.29, 0.717) is 10.6 Å². The van der Waals surface area contributed by atoms with Crippen LogP contribution >= 0.6 is 11.3 Å². The summed E-state index contributed by atoms with van der Waals surface area (Å²) in [5.41, 5.74) is 0.133. The standard InChI is InChI=1S/C13H12N2O5S/c1-20-10-6-8(5-9(7-10)15(18)19)14-12(13(16)17)11-3-2-4-21-11/h2-7,12,14H,1H3,(H,16,17). The Morgan fingerprint density at radius 3 is 2.76 bits per heavy atom. The van der Waals surface area contributed by atoms with Gasteiger partial charge in [0.25, 0.3) is 5.69 Å². The highest BCUT2D eigenvalue weighted by Crippen LogP contribution is 2.29. The first-order chi connectivity index (χ1) is 10.0. The van der Waals surface area contributed by atoms with Gasteiger partial charge in [0, 0.05) is 22.7 Å². The van der Waals surface area contributed by atoms with Gasteiger partial charge in [-0.2, -0.15) is 0 Å². The number of thiophene rings is 1. The van der Waals surface area contributed by atoms with Crippen LogP contribution in [0.15, 0.2) is 35.7 Å². The van der Waals surface area contributed by atoms with Crippen LogP contribution in [0.1, 0.15) is 10.9 Å². The minimum Gasteiger partial charge on any atom is -0.496 e. The molecule has 0 aliphatic heterocycles. The molecule has 0 bridgehead atoms. The molecule has 0 saturated heterocycles. The van der Waals surface area contributed by atoms with Gasteiger partial charge < -0.3 is 15.2 Å². The van der Waals surface area contributed by atoms with Crippen molar-refractivity contribution in [1.29, 1.82) is 0 Å². The normalized spacial score (nSPS) is 11.7. The van der Waals surface area contributed by atoms with Crippen molar-refractivity contribution in [3.8, 4) is 5.75 Å². The molecule has 0 amide bonds. The number of methoxy groups -OCH3 is 1. The molecule has 1 aromatic carbocycles. The summed E-state index contributed by atoms with van der Waals surface area (Å²) in [6.07, 6.45) is 0. The molecule has 21 heavy (non-hydrogen) atoms.